The highest BCUT2D eigenvalue weighted by atomic mass is 32.2. The topological polar surface area (TPSA) is 37.8 Å². The number of aromatic nitrogens is 2. The summed E-state index contributed by atoms with van der Waals surface area (Å²) >= 11 is 1.72. The third kappa shape index (κ3) is 4.04. The first-order valence-corrected chi connectivity index (χ1v) is 7.47. The highest BCUT2D eigenvalue weighted by Gasteiger charge is 2.10. The monoisotopic (exact) mass is 273 g/mol. The van der Waals surface area contributed by atoms with Crippen molar-refractivity contribution in [3.8, 4) is 0 Å². The summed E-state index contributed by atoms with van der Waals surface area (Å²) in [5.41, 5.74) is 2.69. The number of benzene rings is 1. The van der Waals surface area contributed by atoms with Crippen molar-refractivity contribution in [1.82, 2.24) is 15.3 Å². The number of hydrogen-bond donors (Lipinski definition) is 1. The molecule has 19 heavy (non-hydrogen) atoms. The second kappa shape index (κ2) is 7.26. The molecular weight excluding hydrogens is 254 g/mol. The molecule has 0 fully saturated rings. The minimum absolute atomic E-state index is 0.331. The number of hydrogen-bond acceptors (Lipinski definition) is 4. The van der Waals surface area contributed by atoms with Gasteiger partial charge >= 0.3 is 0 Å². The van der Waals surface area contributed by atoms with Crippen LogP contribution in [0.5, 0.6) is 0 Å². The number of rotatable bonds is 6. The first kappa shape index (κ1) is 14.0. The van der Waals surface area contributed by atoms with Gasteiger partial charge in [0, 0.05) is 24.2 Å². The van der Waals surface area contributed by atoms with E-state index in [4.69, 9.17) is 0 Å². The normalized spacial score (nSPS) is 12.3. The van der Waals surface area contributed by atoms with E-state index in [2.05, 4.69) is 46.5 Å². The molecule has 1 heterocycles. The van der Waals surface area contributed by atoms with Crippen LogP contribution in [0.15, 0.2) is 47.9 Å². The standard InChI is InChI=1S/C15H19N3S/c1-3-12-4-6-13(7-5-12)14(16-2)11-19-15-10-17-8-9-18-15/h4-10,14,16H,3,11H2,1-2H3. The highest BCUT2D eigenvalue weighted by molar-refractivity contribution is 7.99. The Bertz CT molecular complexity index is 485. The van der Waals surface area contributed by atoms with Crippen LogP contribution >= 0.6 is 11.8 Å². The summed E-state index contributed by atoms with van der Waals surface area (Å²) in [6, 6.07) is 9.14. The van der Waals surface area contributed by atoms with Crippen LogP contribution in [0.1, 0.15) is 24.1 Å². The smallest absolute Gasteiger partial charge is 0.114 e. The fourth-order valence-electron chi connectivity index (χ4n) is 1.86. The Morgan fingerprint density at radius 1 is 1.21 bits per heavy atom. The van der Waals surface area contributed by atoms with Gasteiger partial charge in [0.25, 0.3) is 0 Å². The Kier molecular flexibility index (Phi) is 5.36. The van der Waals surface area contributed by atoms with Gasteiger partial charge in [-0.05, 0) is 24.6 Å². The maximum atomic E-state index is 4.28. The van der Waals surface area contributed by atoms with Crippen molar-refractivity contribution in [3.63, 3.8) is 0 Å². The Labute approximate surface area is 118 Å². The van der Waals surface area contributed by atoms with Crippen LogP contribution in [-0.2, 0) is 6.42 Å². The zero-order valence-corrected chi connectivity index (χ0v) is 12.2. The van der Waals surface area contributed by atoms with Gasteiger partial charge in [0.05, 0.1) is 6.20 Å². The molecule has 0 aliphatic carbocycles. The molecule has 1 unspecified atom stereocenters. The maximum Gasteiger partial charge on any atom is 0.114 e. The molecule has 1 atom stereocenters. The number of nitrogens with zero attached hydrogens (tertiary/aromatic N) is 2. The lowest BCUT2D eigenvalue weighted by Gasteiger charge is -2.16. The summed E-state index contributed by atoms with van der Waals surface area (Å²) in [6.45, 7) is 2.18. The third-order valence-electron chi connectivity index (χ3n) is 3.08. The molecule has 2 aromatic rings. The van der Waals surface area contributed by atoms with E-state index in [9.17, 15) is 0 Å². The lowest BCUT2D eigenvalue weighted by Crippen LogP contribution is -2.18. The van der Waals surface area contributed by atoms with Crippen LogP contribution in [0.25, 0.3) is 0 Å². The molecule has 1 aromatic heterocycles. The van der Waals surface area contributed by atoms with Crippen molar-refractivity contribution in [2.75, 3.05) is 12.8 Å². The molecule has 0 amide bonds. The molecule has 1 N–H and O–H groups in total. The van der Waals surface area contributed by atoms with Gasteiger partial charge in [-0.15, -0.1) is 11.8 Å². The molecule has 0 saturated heterocycles. The zero-order valence-electron chi connectivity index (χ0n) is 11.3. The van der Waals surface area contributed by atoms with Crippen molar-refractivity contribution >= 4 is 11.8 Å². The fourth-order valence-corrected chi connectivity index (χ4v) is 2.83. The predicted molar refractivity (Wildman–Crippen MR) is 80.4 cm³/mol. The van der Waals surface area contributed by atoms with Crippen molar-refractivity contribution in [2.45, 2.75) is 24.4 Å². The molecule has 0 aliphatic rings. The van der Waals surface area contributed by atoms with Gasteiger partial charge in [0.1, 0.15) is 5.03 Å². The molecule has 0 spiro atoms. The van der Waals surface area contributed by atoms with Gasteiger partial charge in [-0.1, -0.05) is 31.2 Å². The van der Waals surface area contributed by atoms with Crippen molar-refractivity contribution in [3.05, 3.63) is 54.0 Å². The summed E-state index contributed by atoms with van der Waals surface area (Å²) in [7, 11) is 2.00. The number of aryl methyl sites for hydroxylation is 1. The van der Waals surface area contributed by atoms with Gasteiger partial charge < -0.3 is 5.32 Å². The largest absolute Gasteiger partial charge is 0.312 e. The second-order valence-electron chi connectivity index (χ2n) is 4.29. The lowest BCUT2D eigenvalue weighted by molar-refractivity contribution is 0.661. The van der Waals surface area contributed by atoms with Crippen LogP contribution in [0, 0.1) is 0 Å². The van der Waals surface area contributed by atoms with Crippen molar-refractivity contribution in [1.29, 1.82) is 0 Å². The molecule has 3 nitrogen and oxygen atoms in total. The molecule has 0 bridgehead atoms. The maximum absolute atomic E-state index is 4.28. The van der Waals surface area contributed by atoms with Crippen LogP contribution in [0.3, 0.4) is 0 Å². The molecule has 1 aromatic carbocycles. The van der Waals surface area contributed by atoms with Crippen LogP contribution in [0.2, 0.25) is 0 Å². The van der Waals surface area contributed by atoms with E-state index < -0.39 is 0 Å². The van der Waals surface area contributed by atoms with E-state index in [0.29, 0.717) is 6.04 Å². The quantitative estimate of drug-likeness (QED) is 0.821. The number of nitrogens with one attached hydrogen (secondary N) is 1. The molecule has 0 saturated carbocycles. The molecular formula is C15H19N3S. The Balaban J connectivity index is 1.99. The van der Waals surface area contributed by atoms with Gasteiger partial charge in [-0.2, -0.15) is 0 Å². The van der Waals surface area contributed by atoms with Crippen LogP contribution in [-0.4, -0.2) is 22.8 Å². The van der Waals surface area contributed by atoms with Crippen molar-refractivity contribution < 1.29 is 0 Å². The third-order valence-corrected chi connectivity index (χ3v) is 4.08. The molecule has 0 radical (unpaired) electrons. The van der Waals surface area contributed by atoms with Gasteiger partial charge in [0.15, 0.2) is 0 Å². The lowest BCUT2D eigenvalue weighted by atomic mass is 10.1. The summed E-state index contributed by atoms with van der Waals surface area (Å²) in [5.74, 6) is 0.945. The summed E-state index contributed by atoms with van der Waals surface area (Å²) in [4.78, 5) is 8.36. The van der Waals surface area contributed by atoms with Gasteiger partial charge in [-0.3, -0.25) is 4.98 Å². The first-order chi connectivity index (χ1) is 9.33. The van der Waals surface area contributed by atoms with E-state index >= 15 is 0 Å². The minimum atomic E-state index is 0.331. The highest BCUT2D eigenvalue weighted by Crippen LogP contribution is 2.22. The zero-order chi connectivity index (χ0) is 13.5. The van der Waals surface area contributed by atoms with Crippen LogP contribution in [0.4, 0.5) is 0 Å². The van der Waals surface area contributed by atoms with Gasteiger partial charge in [-0.25, -0.2) is 4.98 Å². The molecule has 4 heteroatoms. The van der Waals surface area contributed by atoms with Crippen LogP contribution < -0.4 is 5.32 Å². The fraction of sp³-hybridized carbons (Fsp3) is 0.333. The second-order valence-corrected chi connectivity index (χ2v) is 5.33. The Morgan fingerprint density at radius 3 is 2.58 bits per heavy atom. The summed E-state index contributed by atoms with van der Waals surface area (Å²) in [5, 5.41) is 4.32. The first-order valence-electron chi connectivity index (χ1n) is 6.48. The van der Waals surface area contributed by atoms with E-state index in [1.807, 2.05) is 7.05 Å². The van der Waals surface area contributed by atoms with Gasteiger partial charge in [0.2, 0.25) is 0 Å². The minimum Gasteiger partial charge on any atom is -0.312 e. The summed E-state index contributed by atoms with van der Waals surface area (Å²) in [6.07, 6.45) is 6.31. The average Bonchev–Trinajstić information content (AvgIpc) is 2.49. The van der Waals surface area contributed by atoms with Crippen molar-refractivity contribution in [2.24, 2.45) is 0 Å². The average molecular weight is 273 g/mol. The molecule has 0 aliphatic heterocycles. The van der Waals surface area contributed by atoms with E-state index in [0.717, 1.165) is 17.2 Å². The Morgan fingerprint density at radius 2 is 2.00 bits per heavy atom. The van der Waals surface area contributed by atoms with E-state index in [1.165, 1.54) is 11.1 Å². The van der Waals surface area contributed by atoms with E-state index in [1.54, 1.807) is 30.4 Å². The summed E-state index contributed by atoms with van der Waals surface area (Å²) < 4.78 is 0. The molecule has 2 rings (SSSR count). The molecule has 100 valence electrons. The Hall–Kier alpha value is -1.39. The predicted octanol–water partition coefficient (Wildman–Crippen LogP) is 3.09. The van der Waals surface area contributed by atoms with E-state index in [-0.39, 0.29) is 0 Å². The SMILES string of the molecule is CCc1ccc(C(CSc2cnccn2)NC)cc1. The number of thioether (sulfide) groups is 1.